The molecule has 2 bridgehead atoms. The maximum atomic E-state index is 11.1. The molecule has 2 rings (SSSR count). The molecule has 0 aromatic heterocycles. The number of rotatable bonds is 3. The van der Waals surface area contributed by atoms with Crippen molar-refractivity contribution in [2.75, 3.05) is 0 Å². The lowest BCUT2D eigenvalue weighted by atomic mass is 9.82. The lowest BCUT2D eigenvalue weighted by Crippen LogP contribution is -2.32. The smallest absolute Gasteiger partial charge is 0.330 e. The van der Waals surface area contributed by atoms with Crippen molar-refractivity contribution >= 4 is 5.97 Å². The molecule has 0 heterocycles. The Morgan fingerprint density at radius 1 is 1.50 bits per heavy atom. The Hall–Kier alpha value is -1.05. The van der Waals surface area contributed by atoms with E-state index in [1.807, 2.05) is 6.08 Å². The third-order valence-electron chi connectivity index (χ3n) is 3.71. The first kappa shape index (κ1) is 9.50. The van der Waals surface area contributed by atoms with E-state index >= 15 is 0 Å². The second-order valence-electron chi connectivity index (χ2n) is 4.41. The van der Waals surface area contributed by atoms with Gasteiger partial charge in [-0.3, -0.25) is 0 Å². The molecule has 0 aromatic rings. The number of esters is 1. The maximum absolute atomic E-state index is 11.1. The van der Waals surface area contributed by atoms with Crippen LogP contribution in [0.4, 0.5) is 0 Å². The zero-order chi connectivity index (χ0) is 10.2. The van der Waals surface area contributed by atoms with Gasteiger partial charge in [-0.15, -0.1) is 6.58 Å². The van der Waals surface area contributed by atoms with Crippen LogP contribution in [-0.2, 0) is 9.53 Å². The van der Waals surface area contributed by atoms with Crippen molar-refractivity contribution in [3.05, 3.63) is 25.3 Å². The van der Waals surface area contributed by atoms with Crippen LogP contribution in [0.15, 0.2) is 25.3 Å². The van der Waals surface area contributed by atoms with E-state index in [9.17, 15) is 4.79 Å². The fourth-order valence-corrected chi connectivity index (χ4v) is 2.92. The van der Waals surface area contributed by atoms with Gasteiger partial charge in [-0.25, -0.2) is 4.79 Å². The van der Waals surface area contributed by atoms with Crippen molar-refractivity contribution in [3.63, 3.8) is 0 Å². The van der Waals surface area contributed by atoms with Gasteiger partial charge in [-0.2, -0.15) is 0 Å². The minimum Gasteiger partial charge on any atom is -0.458 e. The molecule has 2 aliphatic carbocycles. The highest BCUT2D eigenvalue weighted by Gasteiger charge is 2.51. The van der Waals surface area contributed by atoms with Gasteiger partial charge in [0.25, 0.3) is 0 Å². The van der Waals surface area contributed by atoms with Gasteiger partial charge in [-0.1, -0.05) is 12.7 Å². The van der Waals surface area contributed by atoms with Gasteiger partial charge in [0.2, 0.25) is 0 Å². The molecular formula is C12H16O2. The third kappa shape index (κ3) is 1.29. The van der Waals surface area contributed by atoms with Crippen LogP contribution in [0.2, 0.25) is 0 Å². The van der Waals surface area contributed by atoms with E-state index in [4.69, 9.17) is 4.74 Å². The molecule has 3 atom stereocenters. The van der Waals surface area contributed by atoms with E-state index in [-0.39, 0.29) is 17.5 Å². The summed E-state index contributed by atoms with van der Waals surface area (Å²) in [6, 6.07) is 0. The highest BCUT2D eigenvalue weighted by Crippen LogP contribution is 2.55. The summed E-state index contributed by atoms with van der Waals surface area (Å²) < 4.78 is 5.36. The molecule has 0 N–H and O–H groups in total. The Bertz CT molecular complexity index is 282. The molecule has 3 unspecified atom stereocenters. The SMILES string of the molecule is C=CC(=O)OC1CC2CCC1(C=C)C2. The molecule has 76 valence electrons. The quantitative estimate of drug-likeness (QED) is 0.390. The molecule has 2 heteroatoms. The zero-order valence-corrected chi connectivity index (χ0v) is 8.37. The monoisotopic (exact) mass is 192 g/mol. The normalized spacial score (nSPS) is 39.4. The predicted molar refractivity (Wildman–Crippen MR) is 54.7 cm³/mol. The number of fused-ring (bicyclic) bond motifs is 2. The molecule has 0 spiro atoms. The average molecular weight is 192 g/mol. The highest BCUT2D eigenvalue weighted by molar-refractivity contribution is 5.81. The molecule has 2 nitrogen and oxygen atoms in total. The van der Waals surface area contributed by atoms with E-state index in [1.54, 1.807) is 0 Å². The largest absolute Gasteiger partial charge is 0.458 e. The van der Waals surface area contributed by atoms with Crippen LogP contribution < -0.4 is 0 Å². The van der Waals surface area contributed by atoms with Gasteiger partial charge in [-0.05, 0) is 31.6 Å². The summed E-state index contributed by atoms with van der Waals surface area (Å²) in [5, 5.41) is 0. The van der Waals surface area contributed by atoms with Gasteiger partial charge >= 0.3 is 5.97 Å². The average Bonchev–Trinajstić information content (AvgIpc) is 2.75. The van der Waals surface area contributed by atoms with E-state index in [0.29, 0.717) is 0 Å². The third-order valence-corrected chi connectivity index (χ3v) is 3.71. The Morgan fingerprint density at radius 3 is 2.86 bits per heavy atom. The summed E-state index contributed by atoms with van der Waals surface area (Å²) in [7, 11) is 0. The van der Waals surface area contributed by atoms with Crippen molar-refractivity contribution < 1.29 is 9.53 Å². The van der Waals surface area contributed by atoms with Gasteiger partial charge in [0, 0.05) is 11.5 Å². The molecule has 2 aliphatic rings. The van der Waals surface area contributed by atoms with E-state index in [1.165, 1.54) is 12.5 Å². The first-order chi connectivity index (χ1) is 6.70. The predicted octanol–water partition coefficient (Wildman–Crippen LogP) is 2.46. The van der Waals surface area contributed by atoms with Crippen LogP contribution in [0.3, 0.4) is 0 Å². The lowest BCUT2D eigenvalue weighted by molar-refractivity contribution is -0.147. The van der Waals surface area contributed by atoms with Crippen molar-refractivity contribution in [3.8, 4) is 0 Å². The van der Waals surface area contributed by atoms with E-state index in [0.717, 1.165) is 25.2 Å². The molecule has 0 saturated heterocycles. The Balaban J connectivity index is 2.10. The fourth-order valence-electron chi connectivity index (χ4n) is 2.92. The second kappa shape index (κ2) is 3.26. The molecule has 2 fully saturated rings. The van der Waals surface area contributed by atoms with Crippen molar-refractivity contribution in [1.82, 2.24) is 0 Å². The molecule has 14 heavy (non-hydrogen) atoms. The summed E-state index contributed by atoms with van der Waals surface area (Å²) in [5.41, 5.74) is 0.0728. The van der Waals surface area contributed by atoms with Crippen LogP contribution >= 0.6 is 0 Å². The van der Waals surface area contributed by atoms with Gasteiger partial charge in [0.1, 0.15) is 6.10 Å². The Labute approximate surface area is 84.6 Å². The number of hydrogen-bond acceptors (Lipinski definition) is 2. The Morgan fingerprint density at radius 2 is 2.29 bits per heavy atom. The van der Waals surface area contributed by atoms with Crippen LogP contribution in [0.25, 0.3) is 0 Å². The van der Waals surface area contributed by atoms with E-state index in [2.05, 4.69) is 13.2 Å². The Kier molecular flexibility index (Phi) is 2.22. The highest BCUT2D eigenvalue weighted by atomic mass is 16.5. The van der Waals surface area contributed by atoms with E-state index < -0.39 is 0 Å². The van der Waals surface area contributed by atoms with Crippen LogP contribution in [0.1, 0.15) is 25.7 Å². The fraction of sp³-hybridized carbons (Fsp3) is 0.583. The summed E-state index contributed by atoms with van der Waals surface area (Å²) in [6.07, 6.45) is 7.80. The van der Waals surface area contributed by atoms with Gasteiger partial charge < -0.3 is 4.74 Å². The summed E-state index contributed by atoms with van der Waals surface area (Å²) in [5.74, 6) is 0.430. The first-order valence-electron chi connectivity index (χ1n) is 5.17. The first-order valence-corrected chi connectivity index (χ1v) is 5.17. The van der Waals surface area contributed by atoms with Gasteiger partial charge in [0.05, 0.1) is 0 Å². The molecule has 0 radical (unpaired) electrons. The summed E-state index contributed by atoms with van der Waals surface area (Å²) in [4.78, 5) is 11.1. The van der Waals surface area contributed by atoms with Gasteiger partial charge in [0.15, 0.2) is 0 Å². The number of carbonyl (C=O) groups excluding carboxylic acids is 1. The number of carbonyl (C=O) groups is 1. The van der Waals surface area contributed by atoms with Crippen LogP contribution in [0.5, 0.6) is 0 Å². The maximum Gasteiger partial charge on any atom is 0.330 e. The number of hydrogen-bond donors (Lipinski definition) is 0. The lowest BCUT2D eigenvalue weighted by Gasteiger charge is -2.31. The zero-order valence-electron chi connectivity index (χ0n) is 8.37. The molecule has 0 amide bonds. The topological polar surface area (TPSA) is 26.3 Å². The second-order valence-corrected chi connectivity index (χ2v) is 4.41. The van der Waals surface area contributed by atoms with Crippen molar-refractivity contribution in [2.24, 2.45) is 11.3 Å². The van der Waals surface area contributed by atoms with Crippen LogP contribution in [0, 0.1) is 11.3 Å². The van der Waals surface area contributed by atoms with Crippen molar-refractivity contribution in [2.45, 2.75) is 31.8 Å². The molecule has 2 saturated carbocycles. The standard InChI is InChI=1S/C12H16O2/c1-3-11(13)14-10-7-9-5-6-12(10,4-2)8-9/h3-4,9-10H,1-2,5-8H2. The number of ether oxygens (including phenoxy) is 1. The van der Waals surface area contributed by atoms with Crippen molar-refractivity contribution in [1.29, 1.82) is 0 Å². The summed E-state index contributed by atoms with van der Waals surface area (Å²) in [6.45, 7) is 7.29. The molecular weight excluding hydrogens is 176 g/mol. The molecule has 0 aliphatic heterocycles. The summed E-state index contributed by atoms with van der Waals surface area (Å²) >= 11 is 0. The minimum absolute atomic E-state index is 0.0456. The molecule has 0 aromatic carbocycles. The minimum atomic E-state index is -0.302. The van der Waals surface area contributed by atoms with Crippen LogP contribution in [-0.4, -0.2) is 12.1 Å².